The van der Waals surface area contributed by atoms with Crippen molar-refractivity contribution in [3.05, 3.63) is 59.7 Å². The first-order chi connectivity index (χ1) is 38.0. The van der Waals surface area contributed by atoms with Crippen LogP contribution in [0.1, 0.15) is 173 Å². The van der Waals surface area contributed by atoms with Crippen molar-refractivity contribution in [2.75, 3.05) is 79.3 Å². The monoisotopic (exact) mass is 1200 g/mol. The van der Waals surface area contributed by atoms with E-state index in [-0.39, 0.29) is 40.0 Å². The maximum absolute atomic E-state index is 12.1. The summed E-state index contributed by atoms with van der Waals surface area (Å²) in [5.41, 5.74) is 2.88. The predicted octanol–water partition coefficient (Wildman–Crippen LogP) is 17.1. The van der Waals surface area contributed by atoms with E-state index in [0.29, 0.717) is 50.1 Å². The molecule has 1 saturated carbocycles. The average Bonchev–Trinajstić information content (AvgIpc) is 3.49. The molecular formula is C67H124O12Si3. The van der Waals surface area contributed by atoms with Crippen molar-refractivity contribution in [1.82, 2.24) is 0 Å². The summed E-state index contributed by atoms with van der Waals surface area (Å²) >= 11 is 0. The van der Waals surface area contributed by atoms with E-state index in [1.54, 1.807) is 0 Å². The molecular weight excluding hydrogens is 1080 g/mol. The minimum atomic E-state index is -2.13. The van der Waals surface area contributed by atoms with Gasteiger partial charge in [0.25, 0.3) is 0 Å². The van der Waals surface area contributed by atoms with Gasteiger partial charge in [-0.25, -0.2) is 0 Å². The number of ether oxygens (including phenoxy) is 8. The van der Waals surface area contributed by atoms with Crippen LogP contribution in [0.25, 0.3) is 0 Å². The van der Waals surface area contributed by atoms with Crippen molar-refractivity contribution in [2.45, 2.75) is 219 Å². The molecule has 0 N–H and O–H groups in total. The second-order valence-electron chi connectivity index (χ2n) is 29.1. The first-order valence-electron chi connectivity index (χ1n) is 31.5. The first kappa shape index (κ1) is 77.4. The Labute approximate surface area is 506 Å². The summed E-state index contributed by atoms with van der Waals surface area (Å²) in [7, 11) is -5.62. The number of hydrogen-bond acceptors (Lipinski definition) is 12. The molecule has 1 aliphatic rings. The highest BCUT2D eigenvalue weighted by atomic mass is 28.5. The third-order valence-corrected chi connectivity index (χ3v) is 24.7. The zero-order valence-corrected chi connectivity index (χ0v) is 59.5. The van der Waals surface area contributed by atoms with Gasteiger partial charge < -0.3 is 46.1 Å². The van der Waals surface area contributed by atoms with Crippen molar-refractivity contribution in [3.8, 4) is 11.5 Å². The molecule has 2 aromatic rings. The molecule has 2 unspecified atom stereocenters. The van der Waals surface area contributed by atoms with E-state index in [0.717, 1.165) is 128 Å². The van der Waals surface area contributed by atoms with Crippen LogP contribution < -0.4 is 9.47 Å². The molecule has 0 aliphatic heterocycles. The molecule has 2 aromatic carbocycles. The van der Waals surface area contributed by atoms with Gasteiger partial charge in [-0.1, -0.05) is 148 Å². The molecule has 1 fully saturated rings. The Morgan fingerprint density at radius 3 is 1.07 bits per heavy atom. The highest BCUT2D eigenvalue weighted by Crippen LogP contribution is 2.35. The number of hydrogen-bond donors (Lipinski definition) is 0. The third-order valence-electron chi connectivity index (χ3n) is 13.2. The van der Waals surface area contributed by atoms with Crippen LogP contribution in [0.5, 0.6) is 11.5 Å². The summed E-state index contributed by atoms with van der Waals surface area (Å²) in [6.07, 6.45) is 7.39. The summed E-state index contributed by atoms with van der Waals surface area (Å²) < 4.78 is 58.6. The summed E-state index contributed by atoms with van der Waals surface area (Å²) in [6, 6.07) is 19.1. The SMILES string of the molecule is CC(C)(C)COCCC[Si](C)(C)O[Si](C)(C)O[Si](C)(C)CCCOCC(C)(C)C.CC(C)COC(=O)C1CCCCC1C(=O)OCC(C)C.CC(C)COCCCOc1ccc(C(C)(C)c2ccc(OCCCOCC(C)C)cc2)cc1. The molecule has 0 aromatic heterocycles. The van der Waals surface area contributed by atoms with Crippen molar-refractivity contribution in [3.63, 3.8) is 0 Å². The van der Waals surface area contributed by atoms with Gasteiger partial charge in [-0.15, -0.1) is 0 Å². The lowest BCUT2D eigenvalue weighted by atomic mass is 9.78. The van der Waals surface area contributed by atoms with Crippen LogP contribution in [0, 0.1) is 46.3 Å². The predicted molar refractivity (Wildman–Crippen MR) is 348 cm³/mol. The molecule has 0 spiro atoms. The van der Waals surface area contributed by atoms with Crippen molar-refractivity contribution in [1.29, 1.82) is 0 Å². The van der Waals surface area contributed by atoms with E-state index in [4.69, 9.17) is 46.1 Å². The summed E-state index contributed by atoms with van der Waals surface area (Å²) in [4.78, 5) is 24.3. The Bertz CT molecular complexity index is 1830. The molecule has 0 radical (unpaired) electrons. The maximum atomic E-state index is 12.1. The van der Waals surface area contributed by atoms with E-state index < -0.39 is 25.2 Å². The Morgan fingerprint density at radius 1 is 0.451 bits per heavy atom. The van der Waals surface area contributed by atoms with Crippen LogP contribution in [0.2, 0.25) is 51.4 Å². The van der Waals surface area contributed by atoms with Gasteiger partial charge in [0, 0.05) is 57.9 Å². The van der Waals surface area contributed by atoms with Crippen molar-refractivity contribution in [2.24, 2.45) is 46.3 Å². The normalized spacial score (nSPS) is 15.5. The lowest BCUT2D eigenvalue weighted by Crippen LogP contribution is -2.52. The molecule has 0 heterocycles. The van der Waals surface area contributed by atoms with E-state index in [1.807, 2.05) is 27.7 Å². The number of rotatable bonds is 36. The van der Waals surface area contributed by atoms with Crippen LogP contribution in [0.15, 0.2) is 48.5 Å². The zero-order chi connectivity index (χ0) is 62.2. The number of carbonyl (C=O) groups excluding carboxylic acids is 2. The fourth-order valence-electron chi connectivity index (χ4n) is 9.26. The molecule has 3 rings (SSSR count). The Morgan fingerprint density at radius 2 is 0.768 bits per heavy atom. The molecule has 0 saturated heterocycles. The van der Waals surface area contributed by atoms with Gasteiger partial charge in [0.15, 0.2) is 16.6 Å². The fourth-order valence-corrected chi connectivity index (χ4v) is 23.3. The van der Waals surface area contributed by atoms with Gasteiger partial charge in [0.2, 0.25) is 0 Å². The van der Waals surface area contributed by atoms with Crippen molar-refractivity contribution >= 4 is 37.1 Å². The molecule has 0 amide bonds. The van der Waals surface area contributed by atoms with E-state index >= 15 is 0 Å². The van der Waals surface area contributed by atoms with Crippen molar-refractivity contribution < 1.29 is 55.7 Å². The van der Waals surface area contributed by atoms with E-state index in [9.17, 15) is 9.59 Å². The highest BCUT2D eigenvalue weighted by Gasteiger charge is 2.40. The van der Waals surface area contributed by atoms with Gasteiger partial charge >= 0.3 is 20.5 Å². The molecule has 476 valence electrons. The van der Waals surface area contributed by atoms with E-state index in [1.165, 1.54) is 11.1 Å². The van der Waals surface area contributed by atoms with Crippen LogP contribution in [-0.4, -0.2) is 116 Å². The third kappa shape index (κ3) is 38.4. The van der Waals surface area contributed by atoms with Crippen LogP contribution in [-0.2, 0) is 51.7 Å². The fraction of sp³-hybridized carbons (Fsp3) is 0.791. The number of esters is 2. The standard InChI is InChI=1S/C29H44O4.C22H52O4Si3.C16H28O4/c1-23(2)21-30-17-7-19-32-27-13-9-25(10-14-27)29(5,6)26-11-15-28(16-12-26)33-20-8-18-31-22-24(3)4;1-21(2,3)19-23-15-13-17-27(7,8)25-29(11,12)26-28(9,10)18-14-16-24-20-22(4,5)6;1-11(2)9-19-15(17)13-7-5-6-8-14(13)16(18)20-10-12(3)4/h9-16,23-24H,7-8,17-22H2,1-6H3;13-20H2,1-12H3;11-14H,5-10H2,1-4H3. The Kier molecular flexibility index (Phi) is 37.0. The minimum Gasteiger partial charge on any atom is -0.494 e. The van der Waals surface area contributed by atoms with Crippen LogP contribution in [0.3, 0.4) is 0 Å². The van der Waals surface area contributed by atoms with Gasteiger partial charge in [-0.05, 0) is 147 Å². The molecule has 82 heavy (non-hydrogen) atoms. The quantitative estimate of drug-likeness (QED) is 0.0366. The lowest BCUT2D eigenvalue weighted by molar-refractivity contribution is -0.164. The maximum Gasteiger partial charge on any atom is 0.311 e. The van der Waals surface area contributed by atoms with Gasteiger partial charge in [0.1, 0.15) is 11.5 Å². The largest absolute Gasteiger partial charge is 0.494 e. The minimum absolute atomic E-state index is 0.105. The summed E-state index contributed by atoms with van der Waals surface area (Å²) in [5.74, 6) is 2.48. The zero-order valence-electron chi connectivity index (χ0n) is 56.5. The second-order valence-corrected chi connectivity index (χ2v) is 41.6. The lowest BCUT2D eigenvalue weighted by Gasteiger charge is -2.38. The topological polar surface area (TPSA) is 126 Å². The van der Waals surface area contributed by atoms with Gasteiger partial charge in [-0.3, -0.25) is 9.59 Å². The summed E-state index contributed by atoms with van der Waals surface area (Å²) in [6.45, 7) is 56.7. The average molecular weight is 1210 g/mol. The summed E-state index contributed by atoms with van der Waals surface area (Å²) in [5, 5.41) is 0. The van der Waals surface area contributed by atoms with Gasteiger partial charge in [-0.2, -0.15) is 0 Å². The van der Waals surface area contributed by atoms with E-state index in [2.05, 4.69) is 171 Å². The Hall–Kier alpha value is -2.61. The molecule has 15 heteroatoms. The number of carbonyl (C=O) groups is 2. The molecule has 12 nitrogen and oxygen atoms in total. The number of benzene rings is 2. The van der Waals surface area contributed by atoms with Gasteiger partial charge in [0.05, 0.1) is 51.5 Å². The second kappa shape index (κ2) is 39.2. The molecule has 1 aliphatic carbocycles. The smallest absolute Gasteiger partial charge is 0.311 e. The van der Waals surface area contributed by atoms with Crippen LogP contribution >= 0.6 is 0 Å². The molecule has 2 atom stereocenters. The molecule has 0 bridgehead atoms. The highest BCUT2D eigenvalue weighted by molar-refractivity contribution is 6.87. The van der Waals surface area contributed by atoms with Crippen LogP contribution in [0.4, 0.5) is 0 Å². The first-order valence-corrected chi connectivity index (χ1v) is 40.6. The Balaban J connectivity index is 0.000000633.